The van der Waals surface area contributed by atoms with Gasteiger partial charge in [0.1, 0.15) is 0 Å². The van der Waals surface area contributed by atoms with Gasteiger partial charge in [0.05, 0.1) is 0 Å². The van der Waals surface area contributed by atoms with Crippen LogP contribution in [0.15, 0.2) is 0 Å². The second-order valence-corrected chi connectivity index (χ2v) is 25.5. The van der Waals surface area contributed by atoms with E-state index in [-0.39, 0.29) is 30.5 Å². The Labute approximate surface area is 455 Å². The van der Waals surface area contributed by atoms with Crippen LogP contribution in [0.1, 0.15) is 350 Å². The van der Waals surface area contributed by atoms with Crippen LogP contribution in [0, 0.1) is 106 Å². The SMILES string of the molecule is [2H]C(C)C1([2H])CCCC1.[2H]C(C)C1([2H])CCCCC1.[2H]C([2H])(C)C1C2CC3CC(C2)CC1C3.[2H]C([2H])(C)C1C2CCC1CC2.[2H]C([2H])(C)C1CC2CCC1C2.[2H]C([2H])(C)C1CC2CCC1C2.[2H]C1(CC)CCCC1.[2H]C1(CC)CCCCC1. The van der Waals surface area contributed by atoms with Crippen molar-refractivity contribution in [1.82, 2.24) is 0 Å². The molecule has 14 aliphatic rings. The van der Waals surface area contributed by atoms with Gasteiger partial charge in [-0.1, -0.05) is 235 Å². The maximum atomic E-state index is 7.97. The number of hydrogen-bond donors (Lipinski definition) is 0. The lowest BCUT2D eigenvalue weighted by molar-refractivity contribution is -0.0376. The molecule has 0 aromatic heterocycles. The van der Waals surface area contributed by atoms with E-state index < -0.39 is 31.4 Å². The highest BCUT2D eigenvalue weighted by atomic mass is 14.5. The lowest BCUT2D eigenvalue weighted by Gasteiger charge is -2.54. The average molecular weight is 972 g/mol. The van der Waals surface area contributed by atoms with Crippen LogP contribution in [0.4, 0.5) is 0 Å². The van der Waals surface area contributed by atoms with Crippen LogP contribution < -0.4 is 0 Å². The predicted octanol–water partition coefficient (Wildman–Crippen LogP) is 23.1. The largest absolute Gasteiger partial charge is 0.0651 e. The smallest absolute Gasteiger partial charge is 0.0303 e. The normalized spacial score (nSPS) is 45.5. The van der Waals surface area contributed by atoms with Crippen LogP contribution in [-0.4, -0.2) is 0 Å². The Morgan fingerprint density at radius 1 is 0.275 bits per heavy atom. The molecule has 0 nitrogen and oxygen atoms in total. The van der Waals surface area contributed by atoms with Crippen molar-refractivity contribution in [1.29, 1.82) is 0 Å². The van der Waals surface area contributed by atoms with Crippen molar-refractivity contribution in [2.45, 2.75) is 331 Å². The lowest BCUT2D eigenvalue weighted by atomic mass is 9.51. The van der Waals surface area contributed by atoms with Crippen LogP contribution in [-0.2, 0) is 0 Å². The summed E-state index contributed by atoms with van der Waals surface area (Å²) in [4.78, 5) is 0. The Bertz CT molecular complexity index is 1770. The van der Waals surface area contributed by atoms with Gasteiger partial charge in [-0.15, -0.1) is 0 Å². The first-order valence-electron chi connectivity index (χ1n) is 38.6. The summed E-state index contributed by atoms with van der Waals surface area (Å²) in [6.07, 6.45) is 41.1. The zero-order chi connectivity index (χ0) is 61.4. The van der Waals surface area contributed by atoms with E-state index in [1.165, 1.54) is 135 Å². The van der Waals surface area contributed by atoms with Crippen molar-refractivity contribution in [3.05, 3.63) is 0 Å². The molecule has 14 fully saturated rings. The topological polar surface area (TPSA) is 0 Å². The van der Waals surface area contributed by atoms with Crippen molar-refractivity contribution in [3.8, 4) is 0 Å². The van der Waals surface area contributed by atoms with Crippen molar-refractivity contribution < 1.29 is 19.2 Å². The first-order chi connectivity index (χ1) is 38.6. The number of hydrogen-bond acceptors (Lipinski definition) is 0. The molecule has 8 atom stereocenters. The number of rotatable bonds is 8. The van der Waals surface area contributed by atoms with Crippen LogP contribution in [0.2, 0.25) is 0 Å². The summed E-state index contributed by atoms with van der Waals surface area (Å²) >= 11 is 0. The van der Waals surface area contributed by atoms with Gasteiger partial charge in [0.25, 0.3) is 0 Å². The highest BCUT2D eigenvalue weighted by Gasteiger charge is 2.47. The fraction of sp³-hybridized carbons (Fsp3) is 1.00. The van der Waals surface area contributed by atoms with Gasteiger partial charge in [0, 0.05) is 19.2 Å². The molecule has 0 spiro atoms. The standard InChI is InChI=1S/C12H20.3C9H16.2C8H16.2C7H14/c1-2-12-10-4-8-3-9(6-10)7-11(12)5-8;2*1-2-8-5-7-3-4-9(8)6-7;1-2-9-7-3-4-8(9)6-5-7;2*1-2-8-6-4-3-5-7-8;2*1-2-7-5-3-4-6-7/h8-12H,2-7H2,1H3;3*7-9H,2-6H2,1H3;2*8H,2-7H2,1H3;2*7H,2-6H2,1H3/i4*2D2;2D,8D;8D;2D,7D;7D. The third-order valence-corrected chi connectivity index (χ3v) is 21.4. The van der Waals surface area contributed by atoms with Gasteiger partial charge >= 0.3 is 0 Å². The second kappa shape index (κ2) is 32.4. The molecule has 0 aliphatic heterocycles. The zero-order valence-corrected chi connectivity index (χ0v) is 47.4. The minimum atomic E-state index is -0.928. The minimum absolute atomic E-state index is 0.0139. The molecule has 14 aliphatic carbocycles. The highest BCUT2D eigenvalue weighted by Crippen LogP contribution is 2.57. The van der Waals surface area contributed by atoms with Crippen LogP contribution in [0.25, 0.3) is 0 Å². The van der Waals surface area contributed by atoms with E-state index in [9.17, 15) is 0 Å². The quantitative estimate of drug-likeness (QED) is 0.227. The summed E-state index contributed by atoms with van der Waals surface area (Å²) in [6.45, 7) is 15.0. The first kappa shape index (κ1) is 41.2. The molecule has 0 aromatic carbocycles. The summed E-state index contributed by atoms with van der Waals surface area (Å²) < 4.78 is 108. The Hall–Kier alpha value is 0. The van der Waals surface area contributed by atoms with Crippen molar-refractivity contribution in [2.24, 2.45) is 106 Å². The fourth-order valence-corrected chi connectivity index (χ4v) is 17.4. The fourth-order valence-electron chi connectivity index (χ4n) is 17.4. The van der Waals surface area contributed by atoms with E-state index in [4.69, 9.17) is 19.2 Å². The lowest BCUT2D eigenvalue weighted by Crippen LogP contribution is -2.44. The van der Waals surface area contributed by atoms with Gasteiger partial charge in [-0.05, 0) is 203 Å². The highest BCUT2D eigenvalue weighted by molar-refractivity contribution is 4.97. The predicted molar refractivity (Wildman–Crippen MR) is 307 cm³/mol. The Balaban J connectivity index is 0.000000153. The Morgan fingerprint density at radius 3 is 0.797 bits per heavy atom. The maximum Gasteiger partial charge on any atom is 0.0303 e. The zero-order valence-electron chi connectivity index (χ0n) is 61.4. The van der Waals surface area contributed by atoms with Crippen LogP contribution in [0.5, 0.6) is 0 Å². The van der Waals surface area contributed by atoms with Gasteiger partial charge in [-0.25, -0.2) is 0 Å². The van der Waals surface area contributed by atoms with E-state index in [1.54, 1.807) is 27.7 Å². The van der Waals surface area contributed by atoms with E-state index in [0.717, 1.165) is 162 Å². The molecule has 0 aromatic rings. The molecule has 69 heavy (non-hydrogen) atoms. The van der Waals surface area contributed by atoms with E-state index in [1.807, 2.05) is 13.8 Å². The van der Waals surface area contributed by atoms with Gasteiger partial charge in [0.15, 0.2) is 0 Å². The van der Waals surface area contributed by atoms with Crippen LogP contribution in [0.3, 0.4) is 0 Å². The molecule has 8 unspecified atom stereocenters. The first-order valence-corrected chi connectivity index (χ1v) is 31.5. The molecular weight excluding hydrogens is 829 g/mol. The Kier molecular flexibility index (Phi) is 19.4. The van der Waals surface area contributed by atoms with Crippen LogP contribution >= 0.6 is 0 Å². The molecule has 0 N–H and O–H groups in total. The summed E-state index contributed by atoms with van der Waals surface area (Å²) in [5.41, 5.74) is 0. The summed E-state index contributed by atoms with van der Waals surface area (Å²) in [5, 5.41) is 0. The van der Waals surface area contributed by atoms with Crippen molar-refractivity contribution in [3.63, 3.8) is 0 Å². The molecule has 10 bridgehead atoms. The van der Waals surface area contributed by atoms with E-state index in [2.05, 4.69) is 13.8 Å². The van der Waals surface area contributed by atoms with E-state index in [0.29, 0.717) is 23.7 Å². The third kappa shape index (κ3) is 18.7. The molecule has 0 heteroatoms. The molecular formula is C69H128. The van der Waals surface area contributed by atoms with Crippen molar-refractivity contribution in [2.75, 3.05) is 0 Å². The monoisotopic (exact) mass is 971 g/mol. The molecule has 0 saturated heterocycles. The molecule has 0 heterocycles. The third-order valence-electron chi connectivity index (χ3n) is 21.4. The average Bonchev–Trinajstić information content (AvgIpc) is 4.40. The Morgan fingerprint density at radius 2 is 0.580 bits per heavy atom. The van der Waals surface area contributed by atoms with Gasteiger partial charge in [0.2, 0.25) is 0 Å². The molecule has 404 valence electrons. The molecule has 0 radical (unpaired) electrons. The summed E-state index contributed by atoms with van der Waals surface area (Å²) in [6, 6.07) is 0. The summed E-state index contributed by atoms with van der Waals surface area (Å²) in [5.74, 6) is 8.72. The van der Waals surface area contributed by atoms with Gasteiger partial charge < -0.3 is 0 Å². The summed E-state index contributed by atoms with van der Waals surface area (Å²) in [7, 11) is 0. The van der Waals surface area contributed by atoms with Gasteiger partial charge in [-0.2, -0.15) is 0 Å². The van der Waals surface area contributed by atoms with Crippen molar-refractivity contribution >= 4 is 0 Å². The molecule has 14 rings (SSSR count). The molecule has 14 saturated carbocycles. The second-order valence-electron chi connectivity index (χ2n) is 25.5. The maximum absolute atomic E-state index is 7.97. The number of fused-ring (bicyclic) bond motifs is 6. The molecule has 0 amide bonds. The minimum Gasteiger partial charge on any atom is -0.0651 e. The van der Waals surface area contributed by atoms with Gasteiger partial charge in [-0.3, -0.25) is 0 Å². The van der Waals surface area contributed by atoms with E-state index >= 15 is 0 Å².